The molecular formula is C19H20N2O4. The Morgan fingerprint density at radius 2 is 1.80 bits per heavy atom. The summed E-state index contributed by atoms with van der Waals surface area (Å²) in [4.78, 5) is 23.6. The van der Waals surface area contributed by atoms with E-state index in [0.29, 0.717) is 35.9 Å². The largest absolute Gasteiger partial charge is 0.486 e. The van der Waals surface area contributed by atoms with Gasteiger partial charge in [-0.1, -0.05) is 24.3 Å². The van der Waals surface area contributed by atoms with Gasteiger partial charge < -0.3 is 20.1 Å². The number of ether oxygens (including phenoxy) is 2. The summed E-state index contributed by atoms with van der Waals surface area (Å²) in [5, 5.41) is 5.80. The van der Waals surface area contributed by atoms with Crippen molar-refractivity contribution in [1.82, 2.24) is 5.32 Å². The third-order valence-electron chi connectivity index (χ3n) is 3.84. The molecule has 25 heavy (non-hydrogen) atoms. The molecule has 3 rings (SSSR count). The SMILES string of the molecule is CC(=O)c1ccccc1NCC(=O)NC[C@H]1COc2ccccc2O1. The zero-order chi connectivity index (χ0) is 17.6. The Bertz CT molecular complexity index is 776. The molecule has 0 spiro atoms. The molecule has 0 fully saturated rings. The number of carbonyl (C=O) groups excluding carboxylic acids is 2. The summed E-state index contributed by atoms with van der Waals surface area (Å²) in [5.74, 6) is 1.17. The van der Waals surface area contributed by atoms with Gasteiger partial charge in [0.2, 0.25) is 5.91 Å². The topological polar surface area (TPSA) is 76.7 Å². The highest BCUT2D eigenvalue weighted by molar-refractivity contribution is 6.00. The van der Waals surface area contributed by atoms with Crippen molar-refractivity contribution in [3.05, 3.63) is 54.1 Å². The Morgan fingerprint density at radius 1 is 1.08 bits per heavy atom. The molecule has 6 nitrogen and oxygen atoms in total. The van der Waals surface area contributed by atoms with Crippen molar-refractivity contribution in [2.45, 2.75) is 13.0 Å². The van der Waals surface area contributed by atoms with E-state index in [2.05, 4.69) is 10.6 Å². The van der Waals surface area contributed by atoms with E-state index in [4.69, 9.17) is 9.47 Å². The van der Waals surface area contributed by atoms with Gasteiger partial charge in [-0.3, -0.25) is 9.59 Å². The standard InChI is InChI=1S/C19H20N2O4/c1-13(22)15-6-2-3-7-16(15)20-11-19(23)21-10-14-12-24-17-8-4-5-9-18(17)25-14/h2-9,14,20H,10-12H2,1H3,(H,21,23)/t14-/m0/s1. The number of hydrogen-bond donors (Lipinski definition) is 2. The van der Waals surface area contributed by atoms with Gasteiger partial charge in [-0.05, 0) is 31.2 Å². The molecule has 130 valence electrons. The fourth-order valence-electron chi connectivity index (χ4n) is 2.57. The van der Waals surface area contributed by atoms with Gasteiger partial charge >= 0.3 is 0 Å². The van der Waals surface area contributed by atoms with E-state index in [1.165, 1.54) is 6.92 Å². The lowest BCUT2D eigenvalue weighted by Gasteiger charge is -2.26. The van der Waals surface area contributed by atoms with Gasteiger partial charge in [0.15, 0.2) is 17.3 Å². The summed E-state index contributed by atoms with van der Waals surface area (Å²) in [6, 6.07) is 14.6. The molecular weight excluding hydrogens is 320 g/mol. The first-order valence-electron chi connectivity index (χ1n) is 8.12. The summed E-state index contributed by atoms with van der Waals surface area (Å²) in [6.45, 7) is 2.31. The van der Waals surface area contributed by atoms with Gasteiger partial charge in [-0.15, -0.1) is 0 Å². The Balaban J connectivity index is 1.47. The van der Waals surface area contributed by atoms with Crippen molar-refractivity contribution in [2.75, 3.05) is 25.0 Å². The summed E-state index contributed by atoms with van der Waals surface area (Å²) >= 11 is 0. The number of nitrogens with one attached hydrogen (secondary N) is 2. The quantitative estimate of drug-likeness (QED) is 0.789. The third-order valence-corrected chi connectivity index (χ3v) is 3.84. The number of anilines is 1. The minimum atomic E-state index is -0.233. The normalized spacial score (nSPS) is 15.3. The van der Waals surface area contributed by atoms with Crippen LogP contribution in [-0.4, -0.2) is 37.5 Å². The number of para-hydroxylation sites is 3. The van der Waals surface area contributed by atoms with Crippen LogP contribution in [-0.2, 0) is 4.79 Å². The number of amides is 1. The minimum absolute atomic E-state index is 0.0464. The van der Waals surface area contributed by atoms with Crippen molar-refractivity contribution in [2.24, 2.45) is 0 Å². The summed E-state index contributed by atoms with van der Waals surface area (Å²) in [7, 11) is 0. The van der Waals surface area contributed by atoms with Crippen LogP contribution in [0.15, 0.2) is 48.5 Å². The van der Waals surface area contributed by atoms with Crippen LogP contribution < -0.4 is 20.1 Å². The van der Waals surface area contributed by atoms with Crippen molar-refractivity contribution in [3.8, 4) is 11.5 Å². The van der Waals surface area contributed by atoms with Crippen LogP contribution in [0.2, 0.25) is 0 Å². The Kier molecular flexibility index (Phi) is 5.18. The number of fused-ring (bicyclic) bond motifs is 1. The molecule has 1 aliphatic heterocycles. The van der Waals surface area contributed by atoms with Crippen molar-refractivity contribution >= 4 is 17.4 Å². The lowest BCUT2D eigenvalue weighted by Crippen LogP contribution is -2.42. The molecule has 0 radical (unpaired) electrons. The highest BCUT2D eigenvalue weighted by Crippen LogP contribution is 2.30. The predicted octanol–water partition coefficient (Wildman–Crippen LogP) is 2.26. The van der Waals surface area contributed by atoms with Crippen LogP contribution in [0.5, 0.6) is 11.5 Å². The van der Waals surface area contributed by atoms with Crippen molar-refractivity contribution < 1.29 is 19.1 Å². The van der Waals surface area contributed by atoms with Crippen LogP contribution in [0.4, 0.5) is 5.69 Å². The number of carbonyl (C=O) groups is 2. The fraction of sp³-hybridized carbons (Fsp3) is 0.263. The summed E-state index contributed by atoms with van der Waals surface area (Å²) in [5.41, 5.74) is 1.22. The van der Waals surface area contributed by atoms with Gasteiger partial charge in [-0.2, -0.15) is 0 Å². The minimum Gasteiger partial charge on any atom is -0.486 e. The van der Waals surface area contributed by atoms with E-state index < -0.39 is 0 Å². The van der Waals surface area contributed by atoms with Crippen LogP contribution in [0, 0.1) is 0 Å². The highest BCUT2D eigenvalue weighted by Gasteiger charge is 2.21. The van der Waals surface area contributed by atoms with Crippen LogP contribution >= 0.6 is 0 Å². The van der Waals surface area contributed by atoms with Crippen molar-refractivity contribution in [3.63, 3.8) is 0 Å². The second-order valence-electron chi connectivity index (χ2n) is 5.76. The first-order valence-corrected chi connectivity index (χ1v) is 8.12. The first-order chi connectivity index (χ1) is 12.1. The monoisotopic (exact) mass is 340 g/mol. The lowest BCUT2D eigenvalue weighted by atomic mass is 10.1. The number of rotatable bonds is 6. The van der Waals surface area contributed by atoms with Crippen LogP contribution in [0.25, 0.3) is 0 Å². The van der Waals surface area contributed by atoms with Gasteiger partial charge in [0.05, 0.1) is 13.1 Å². The number of Topliss-reactive ketones (excluding diaryl/α,β-unsaturated/α-hetero) is 1. The molecule has 0 bridgehead atoms. The van der Waals surface area contributed by atoms with Crippen molar-refractivity contribution in [1.29, 1.82) is 0 Å². The molecule has 1 heterocycles. The van der Waals surface area contributed by atoms with E-state index in [1.54, 1.807) is 18.2 Å². The maximum Gasteiger partial charge on any atom is 0.239 e. The maximum absolute atomic E-state index is 12.0. The predicted molar refractivity (Wildman–Crippen MR) is 94.3 cm³/mol. The zero-order valence-electron chi connectivity index (χ0n) is 14.0. The molecule has 1 amide bonds. The van der Waals surface area contributed by atoms with Crippen LogP contribution in [0.3, 0.4) is 0 Å². The molecule has 2 N–H and O–H groups in total. The van der Waals surface area contributed by atoms with E-state index in [9.17, 15) is 9.59 Å². The Labute approximate surface area is 146 Å². The molecule has 0 aliphatic carbocycles. The zero-order valence-corrected chi connectivity index (χ0v) is 14.0. The Hall–Kier alpha value is -3.02. The molecule has 0 unspecified atom stereocenters. The summed E-state index contributed by atoms with van der Waals surface area (Å²) in [6.07, 6.45) is -0.233. The lowest BCUT2D eigenvalue weighted by molar-refractivity contribution is -0.119. The van der Waals surface area contributed by atoms with Gasteiger partial charge in [-0.25, -0.2) is 0 Å². The number of hydrogen-bond acceptors (Lipinski definition) is 5. The van der Waals surface area contributed by atoms with E-state index >= 15 is 0 Å². The smallest absolute Gasteiger partial charge is 0.239 e. The van der Waals surface area contributed by atoms with Crippen LogP contribution in [0.1, 0.15) is 17.3 Å². The van der Waals surface area contributed by atoms with Gasteiger partial charge in [0.25, 0.3) is 0 Å². The van der Waals surface area contributed by atoms with Gasteiger partial charge in [0, 0.05) is 11.3 Å². The molecule has 0 saturated carbocycles. The third kappa shape index (κ3) is 4.29. The second-order valence-corrected chi connectivity index (χ2v) is 5.76. The van der Waals surface area contributed by atoms with E-state index in [-0.39, 0.29) is 24.3 Å². The van der Waals surface area contributed by atoms with E-state index in [1.807, 2.05) is 30.3 Å². The van der Waals surface area contributed by atoms with Gasteiger partial charge in [0.1, 0.15) is 12.7 Å². The second kappa shape index (κ2) is 7.70. The maximum atomic E-state index is 12.0. The number of ketones is 1. The highest BCUT2D eigenvalue weighted by atomic mass is 16.6. The molecule has 1 atom stereocenters. The molecule has 2 aromatic rings. The fourth-order valence-corrected chi connectivity index (χ4v) is 2.57. The Morgan fingerprint density at radius 3 is 2.60 bits per heavy atom. The molecule has 0 saturated heterocycles. The average molecular weight is 340 g/mol. The molecule has 1 aliphatic rings. The summed E-state index contributed by atoms with van der Waals surface area (Å²) < 4.78 is 11.4. The molecule has 6 heteroatoms. The van der Waals surface area contributed by atoms with E-state index in [0.717, 1.165) is 0 Å². The molecule has 2 aromatic carbocycles. The molecule has 0 aromatic heterocycles. The number of benzene rings is 2. The average Bonchev–Trinajstić information content (AvgIpc) is 2.64. The first kappa shape index (κ1) is 16.8.